The van der Waals surface area contributed by atoms with Gasteiger partial charge in [0.2, 0.25) is 0 Å². The molecule has 2 heterocycles. The molecule has 0 amide bonds. The van der Waals surface area contributed by atoms with Gasteiger partial charge in [-0.25, -0.2) is 4.98 Å². The van der Waals surface area contributed by atoms with E-state index in [4.69, 9.17) is 0 Å². The van der Waals surface area contributed by atoms with Crippen LogP contribution in [0.15, 0.2) is 23.7 Å². The van der Waals surface area contributed by atoms with Crippen molar-refractivity contribution in [3.05, 3.63) is 29.5 Å². The molecule has 0 aliphatic rings. The monoisotopic (exact) mass is 288 g/mol. The lowest BCUT2D eigenvalue weighted by Gasteiger charge is -2.07. The molecular weight excluding hydrogens is 272 g/mol. The highest BCUT2D eigenvalue weighted by Gasteiger charge is 2.09. The van der Waals surface area contributed by atoms with Crippen LogP contribution in [0.5, 0.6) is 0 Å². The van der Waals surface area contributed by atoms with Gasteiger partial charge in [-0.1, -0.05) is 13.8 Å². The quantitative estimate of drug-likeness (QED) is 0.778. The number of nitrogens with one attached hydrogen (secondary N) is 1. The zero-order valence-electron chi connectivity index (χ0n) is 11.4. The molecule has 0 aliphatic carbocycles. The molecule has 0 atom stereocenters. The molecule has 0 aliphatic heterocycles. The van der Waals surface area contributed by atoms with E-state index in [1.54, 1.807) is 16.0 Å². The Morgan fingerprint density at radius 2 is 2.25 bits per heavy atom. The third-order valence-corrected chi connectivity index (χ3v) is 3.72. The third-order valence-electron chi connectivity index (χ3n) is 2.93. The lowest BCUT2D eigenvalue weighted by atomic mass is 10.2. The first-order valence-corrected chi connectivity index (χ1v) is 7.43. The Hall–Kier alpha value is -1.86. The molecule has 2 aromatic heterocycles. The Morgan fingerprint density at radius 3 is 3.10 bits per heavy atom. The normalized spacial score (nSPS) is 11.6. The summed E-state index contributed by atoms with van der Waals surface area (Å²) in [7, 11) is 0. The summed E-state index contributed by atoms with van der Waals surface area (Å²) in [5, 5.41) is 15.3. The molecule has 0 unspecified atom stereocenters. The first-order valence-electron chi connectivity index (χ1n) is 6.55. The number of tetrazole rings is 1. The topological polar surface area (TPSA) is 68.5 Å². The van der Waals surface area contributed by atoms with Crippen LogP contribution in [0.4, 0.5) is 0 Å². The van der Waals surface area contributed by atoms with Crippen molar-refractivity contribution in [3.8, 4) is 5.69 Å². The van der Waals surface area contributed by atoms with E-state index < -0.39 is 0 Å². The van der Waals surface area contributed by atoms with Crippen LogP contribution in [0.1, 0.15) is 19.7 Å². The minimum atomic E-state index is 0.605. The number of fused-ring (bicyclic) bond motifs is 1. The maximum Gasteiger partial charge on any atom is 0.170 e. The van der Waals surface area contributed by atoms with E-state index >= 15 is 0 Å². The van der Waals surface area contributed by atoms with Gasteiger partial charge < -0.3 is 5.32 Å². The summed E-state index contributed by atoms with van der Waals surface area (Å²) >= 11 is 1.62. The van der Waals surface area contributed by atoms with Crippen molar-refractivity contribution < 1.29 is 0 Å². The van der Waals surface area contributed by atoms with Gasteiger partial charge in [-0.2, -0.15) is 4.68 Å². The largest absolute Gasteiger partial charge is 0.310 e. The van der Waals surface area contributed by atoms with Gasteiger partial charge in [0.25, 0.3) is 0 Å². The predicted octanol–water partition coefficient (Wildman–Crippen LogP) is 2.02. The van der Waals surface area contributed by atoms with Gasteiger partial charge in [-0.15, -0.1) is 16.4 Å². The minimum Gasteiger partial charge on any atom is -0.310 e. The lowest BCUT2D eigenvalue weighted by Crippen LogP contribution is -2.21. The van der Waals surface area contributed by atoms with Crippen LogP contribution in [-0.2, 0) is 6.54 Å². The van der Waals surface area contributed by atoms with E-state index in [2.05, 4.69) is 45.7 Å². The number of aromatic nitrogens is 5. The SMILES string of the molecule is CC(C)CNCc1nnnn1-c1ccc2ncsc2c1. The summed E-state index contributed by atoms with van der Waals surface area (Å²) in [6.45, 7) is 5.95. The molecule has 1 N–H and O–H groups in total. The zero-order chi connectivity index (χ0) is 13.9. The van der Waals surface area contributed by atoms with Gasteiger partial charge in [0.1, 0.15) is 0 Å². The first-order chi connectivity index (χ1) is 9.74. The standard InChI is InChI=1S/C13H16N6S/c1-9(2)6-14-7-13-16-17-18-19(13)10-3-4-11-12(5-10)20-8-15-11/h3-5,8-9,14H,6-7H2,1-2H3. The molecule has 1 aromatic carbocycles. The second-order valence-corrected chi connectivity index (χ2v) is 5.92. The molecule has 0 saturated heterocycles. The fourth-order valence-corrected chi connectivity index (χ4v) is 2.67. The number of hydrogen-bond donors (Lipinski definition) is 1. The Morgan fingerprint density at radius 1 is 1.35 bits per heavy atom. The van der Waals surface area contributed by atoms with Gasteiger partial charge in [-0.3, -0.25) is 0 Å². The van der Waals surface area contributed by atoms with E-state index in [9.17, 15) is 0 Å². The molecule has 0 fully saturated rings. The van der Waals surface area contributed by atoms with Gasteiger partial charge in [0.05, 0.1) is 28.0 Å². The highest BCUT2D eigenvalue weighted by molar-refractivity contribution is 7.16. The van der Waals surface area contributed by atoms with Crippen LogP contribution in [-0.4, -0.2) is 31.7 Å². The van der Waals surface area contributed by atoms with Gasteiger partial charge >= 0.3 is 0 Å². The van der Waals surface area contributed by atoms with E-state index in [0.717, 1.165) is 28.3 Å². The zero-order valence-corrected chi connectivity index (χ0v) is 12.3. The Labute approximate surface area is 120 Å². The summed E-state index contributed by atoms with van der Waals surface area (Å²) in [6.07, 6.45) is 0. The highest BCUT2D eigenvalue weighted by atomic mass is 32.1. The van der Waals surface area contributed by atoms with Gasteiger partial charge in [0.15, 0.2) is 5.82 Å². The molecule has 3 rings (SSSR count). The predicted molar refractivity (Wildman–Crippen MR) is 78.9 cm³/mol. The summed E-state index contributed by atoms with van der Waals surface area (Å²) in [5.74, 6) is 1.42. The van der Waals surface area contributed by atoms with Crippen LogP contribution in [0.25, 0.3) is 15.9 Å². The Kier molecular flexibility index (Phi) is 3.70. The number of thiazole rings is 1. The van der Waals surface area contributed by atoms with Gasteiger partial charge in [0, 0.05) is 0 Å². The van der Waals surface area contributed by atoms with Crippen LogP contribution < -0.4 is 5.32 Å². The smallest absolute Gasteiger partial charge is 0.170 e. The van der Waals surface area contributed by atoms with Gasteiger partial charge in [-0.05, 0) is 41.1 Å². The highest BCUT2D eigenvalue weighted by Crippen LogP contribution is 2.21. The number of nitrogens with zero attached hydrogens (tertiary/aromatic N) is 5. The molecule has 6 nitrogen and oxygen atoms in total. The summed E-state index contributed by atoms with van der Waals surface area (Å²) < 4.78 is 2.91. The molecule has 7 heteroatoms. The first kappa shape index (κ1) is 13.1. The van der Waals surface area contributed by atoms with Crippen molar-refractivity contribution in [1.82, 2.24) is 30.5 Å². The van der Waals surface area contributed by atoms with Crippen molar-refractivity contribution in [2.45, 2.75) is 20.4 Å². The Balaban J connectivity index is 1.84. The fourth-order valence-electron chi connectivity index (χ4n) is 1.96. The second kappa shape index (κ2) is 5.64. The molecular formula is C13H16N6S. The molecule has 0 spiro atoms. The molecule has 0 saturated carbocycles. The number of benzene rings is 1. The maximum absolute atomic E-state index is 4.28. The minimum absolute atomic E-state index is 0.605. The Bertz CT molecular complexity index is 702. The molecule has 0 radical (unpaired) electrons. The summed E-state index contributed by atoms with van der Waals surface area (Å²) in [5.41, 5.74) is 3.82. The molecule has 0 bridgehead atoms. The fraction of sp³-hybridized carbons (Fsp3) is 0.385. The van der Waals surface area contributed by atoms with Crippen LogP contribution in [0.3, 0.4) is 0 Å². The summed E-state index contributed by atoms with van der Waals surface area (Å²) in [6, 6.07) is 6.05. The summed E-state index contributed by atoms with van der Waals surface area (Å²) in [4.78, 5) is 4.28. The van der Waals surface area contributed by atoms with Crippen molar-refractivity contribution >= 4 is 21.6 Å². The number of hydrogen-bond acceptors (Lipinski definition) is 6. The third kappa shape index (κ3) is 2.68. The van der Waals surface area contributed by atoms with Crippen LogP contribution in [0.2, 0.25) is 0 Å². The second-order valence-electron chi connectivity index (χ2n) is 5.04. The molecule has 3 aromatic rings. The van der Waals surface area contributed by atoms with E-state index in [-0.39, 0.29) is 0 Å². The van der Waals surface area contributed by atoms with Crippen LogP contribution >= 0.6 is 11.3 Å². The average Bonchev–Trinajstić information content (AvgIpc) is 3.05. The van der Waals surface area contributed by atoms with Crippen molar-refractivity contribution in [2.75, 3.05) is 6.54 Å². The van der Waals surface area contributed by atoms with Crippen molar-refractivity contribution in [1.29, 1.82) is 0 Å². The van der Waals surface area contributed by atoms with E-state index in [1.807, 2.05) is 17.6 Å². The molecule has 20 heavy (non-hydrogen) atoms. The van der Waals surface area contributed by atoms with E-state index in [1.165, 1.54) is 0 Å². The maximum atomic E-state index is 4.28. The average molecular weight is 288 g/mol. The molecule has 104 valence electrons. The lowest BCUT2D eigenvalue weighted by molar-refractivity contribution is 0.538. The van der Waals surface area contributed by atoms with Crippen LogP contribution in [0, 0.1) is 5.92 Å². The van der Waals surface area contributed by atoms with E-state index in [0.29, 0.717) is 12.5 Å². The number of rotatable bonds is 5. The van der Waals surface area contributed by atoms with Crippen molar-refractivity contribution in [3.63, 3.8) is 0 Å². The van der Waals surface area contributed by atoms with Crippen molar-refractivity contribution in [2.24, 2.45) is 5.92 Å².